The lowest BCUT2D eigenvalue weighted by atomic mass is 10.2. The molecule has 0 saturated carbocycles. The molecule has 7 heteroatoms. The minimum atomic E-state index is -0.896. The molecule has 0 amide bonds. The van der Waals surface area contributed by atoms with Gasteiger partial charge in [0.15, 0.2) is 0 Å². The summed E-state index contributed by atoms with van der Waals surface area (Å²) in [5, 5.41) is 17.2. The van der Waals surface area contributed by atoms with E-state index in [1.165, 1.54) is 7.11 Å². The van der Waals surface area contributed by atoms with Crippen LogP contribution in [0.3, 0.4) is 0 Å². The second kappa shape index (κ2) is 7.78. The molecule has 7 nitrogen and oxygen atoms in total. The lowest BCUT2D eigenvalue weighted by molar-refractivity contribution is -0.140. The first-order chi connectivity index (χ1) is 9.97. The molecule has 1 aromatic carbocycles. The number of aryl methyl sites for hydroxylation is 1. The summed E-state index contributed by atoms with van der Waals surface area (Å²) in [6.45, 7) is 1.92. The number of ether oxygens (including phenoxy) is 2. The van der Waals surface area contributed by atoms with Crippen LogP contribution in [-0.2, 0) is 19.1 Å². The van der Waals surface area contributed by atoms with Gasteiger partial charge in [0.25, 0.3) is 0 Å². The van der Waals surface area contributed by atoms with Crippen molar-refractivity contribution in [3.63, 3.8) is 0 Å². The zero-order chi connectivity index (χ0) is 15.8. The lowest BCUT2D eigenvalue weighted by Gasteiger charge is -2.03. The number of hydrogen-bond acceptors (Lipinski definition) is 7. The van der Waals surface area contributed by atoms with Gasteiger partial charge in [-0.1, -0.05) is 17.7 Å². The summed E-state index contributed by atoms with van der Waals surface area (Å²) >= 11 is 0. The van der Waals surface area contributed by atoms with E-state index < -0.39 is 29.8 Å². The predicted molar refractivity (Wildman–Crippen MR) is 74.0 cm³/mol. The molecule has 0 heterocycles. The number of aliphatic hydroxyl groups is 1. The van der Waals surface area contributed by atoms with Crippen molar-refractivity contribution in [2.45, 2.75) is 13.3 Å². The molecule has 21 heavy (non-hydrogen) atoms. The van der Waals surface area contributed by atoms with Gasteiger partial charge in [-0.2, -0.15) is 5.11 Å². The van der Waals surface area contributed by atoms with Crippen molar-refractivity contribution in [3.8, 4) is 0 Å². The quantitative estimate of drug-likeness (QED) is 0.389. The van der Waals surface area contributed by atoms with Crippen LogP contribution >= 0.6 is 0 Å². The van der Waals surface area contributed by atoms with Crippen LogP contribution in [0.2, 0.25) is 0 Å². The highest BCUT2D eigenvalue weighted by Crippen LogP contribution is 2.17. The van der Waals surface area contributed by atoms with E-state index in [4.69, 9.17) is 0 Å². The average Bonchev–Trinajstić information content (AvgIpc) is 2.48. The van der Waals surface area contributed by atoms with E-state index in [0.717, 1.165) is 12.7 Å². The fourth-order valence-corrected chi connectivity index (χ4v) is 1.32. The van der Waals surface area contributed by atoms with Gasteiger partial charge in [-0.15, -0.1) is 5.11 Å². The predicted octanol–water partition coefficient (Wildman–Crippen LogP) is 2.58. The van der Waals surface area contributed by atoms with E-state index in [9.17, 15) is 14.7 Å². The van der Waals surface area contributed by atoms with Crippen LogP contribution in [0.5, 0.6) is 0 Å². The van der Waals surface area contributed by atoms with Crippen LogP contribution in [0.4, 0.5) is 5.69 Å². The van der Waals surface area contributed by atoms with Crippen LogP contribution in [0.15, 0.2) is 46.0 Å². The highest BCUT2D eigenvalue weighted by atomic mass is 16.5. The van der Waals surface area contributed by atoms with Crippen molar-refractivity contribution in [1.29, 1.82) is 0 Å². The molecule has 0 radical (unpaired) electrons. The molecule has 0 saturated heterocycles. The third kappa shape index (κ3) is 5.06. The smallest absolute Gasteiger partial charge is 0.362 e. The molecule has 0 aromatic heterocycles. The maximum absolute atomic E-state index is 11.6. The van der Waals surface area contributed by atoms with Crippen molar-refractivity contribution in [3.05, 3.63) is 41.3 Å². The van der Waals surface area contributed by atoms with Crippen molar-refractivity contribution in [2.75, 3.05) is 14.2 Å². The van der Waals surface area contributed by atoms with Gasteiger partial charge in [0.2, 0.25) is 5.70 Å². The maximum Gasteiger partial charge on any atom is 0.362 e. The topological polar surface area (TPSA) is 97.5 Å². The molecule has 0 fully saturated rings. The SMILES string of the molecule is COC(=O)C/C(O)=C(\N=Nc1ccc(C)cc1)C(=O)OC. The van der Waals surface area contributed by atoms with Crippen molar-refractivity contribution in [1.82, 2.24) is 0 Å². The summed E-state index contributed by atoms with van der Waals surface area (Å²) in [4.78, 5) is 22.7. The molecule has 0 atom stereocenters. The highest BCUT2D eigenvalue weighted by molar-refractivity contribution is 5.89. The Labute approximate surface area is 121 Å². The van der Waals surface area contributed by atoms with Crippen LogP contribution in [-0.4, -0.2) is 31.3 Å². The first kappa shape index (κ1) is 16.4. The number of benzene rings is 1. The summed E-state index contributed by atoms with van der Waals surface area (Å²) in [7, 11) is 2.30. The molecule has 1 N–H and O–H groups in total. The van der Waals surface area contributed by atoms with E-state index in [2.05, 4.69) is 19.7 Å². The van der Waals surface area contributed by atoms with Crippen LogP contribution in [0, 0.1) is 6.92 Å². The van der Waals surface area contributed by atoms with Crippen molar-refractivity contribution >= 4 is 17.6 Å². The monoisotopic (exact) mass is 292 g/mol. The minimum absolute atomic E-state index is 0.441. The van der Waals surface area contributed by atoms with E-state index in [-0.39, 0.29) is 0 Å². The molecular formula is C14H16N2O5. The third-order valence-corrected chi connectivity index (χ3v) is 2.49. The first-order valence-electron chi connectivity index (χ1n) is 6.03. The first-order valence-corrected chi connectivity index (χ1v) is 6.03. The number of carbonyl (C=O) groups excluding carboxylic acids is 2. The molecule has 1 rings (SSSR count). The molecule has 0 bridgehead atoms. The minimum Gasteiger partial charge on any atom is -0.509 e. The molecule has 112 valence electrons. The Bertz CT molecular complexity index is 576. The molecule has 1 aromatic rings. The number of rotatable bonds is 5. The normalized spacial score (nSPS) is 12.0. The Balaban J connectivity index is 3.03. The Morgan fingerprint density at radius 3 is 2.29 bits per heavy atom. The van der Waals surface area contributed by atoms with Crippen molar-refractivity contribution in [2.24, 2.45) is 10.2 Å². The molecule has 0 aliphatic rings. The molecule has 0 aliphatic heterocycles. The standard InChI is InChI=1S/C14H16N2O5/c1-9-4-6-10(7-5-9)15-16-13(14(19)21-3)11(17)8-12(18)20-2/h4-7,17H,8H2,1-3H3/b13-11+,16-15?. The Morgan fingerprint density at radius 2 is 1.76 bits per heavy atom. The summed E-state index contributed by atoms with van der Waals surface area (Å²) in [6.07, 6.45) is -0.492. The summed E-state index contributed by atoms with van der Waals surface area (Å²) < 4.78 is 8.90. The van der Waals surface area contributed by atoms with Gasteiger partial charge in [0, 0.05) is 0 Å². The molecular weight excluding hydrogens is 276 g/mol. The van der Waals surface area contributed by atoms with Gasteiger partial charge in [0.05, 0.1) is 19.9 Å². The summed E-state index contributed by atoms with van der Waals surface area (Å²) in [5.41, 5.74) is 1.10. The largest absolute Gasteiger partial charge is 0.509 e. The molecule has 0 aliphatic carbocycles. The Hall–Kier alpha value is -2.70. The Kier molecular flexibility index (Phi) is 6.06. The number of esters is 2. The van der Waals surface area contributed by atoms with Gasteiger partial charge < -0.3 is 14.6 Å². The number of azo groups is 1. The van der Waals surface area contributed by atoms with Crippen LogP contribution in [0.1, 0.15) is 12.0 Å². The van der Waals surface area contributed by atoms with Gasteiger partial charge in [-0.25, -0.2) is 4.79 Å². The van der Waals surface area contributed by atoms with Gasteiger partial charge in [0.1, 0.15) is 12.2 Å². The van der Waals surface area contributed by atoms with E-state index >= 15 is 0 Å². The van der Waals surface area contributed by atoms with E-state index in [0.29, 0.717) is 5.69 Å². The third-order valence-electron chi connectivity index (χ3n) is 2.49. The van der Waals surface area contributed by atoms with Gasteiger partial charge >= 0.3 is 11.9 Å². The zero-order valence-corrected chi connectivity index (χ0v) is 12.0. The summed E-state index contributed by atoms with van der Waals surface area (Å²) in [6, 6.07) is 7.05. The van der Waals surface area contributed by atoms with Crippen LogP contribution < -0.4 is 0 Å². The fourth-order valence-electron chi connectivity index (χ4n) is 1.32. The second-order valence-electron chi connectivity index (χ2n) is 4.08. The number of carbonyl (C=O) groups is 2. The lowest BCUT2D eigenvalue weighted by Crippen LogP contribution is -2.09. The van der Waals surface area contributed by atoms with Gasteiger partial charge in [-0.3, -0.25) is 4.79 Å². The van der Waals surface area contributed by atoms with Crippen LogP contribution in [0.25, 0.3) is 0 Å². The van der Waals surface area contributed by atoms with Crippen molar-refractivity contribution < 1.29 is 24.2 Å². The number of hydrogen-bond donors (Lipinski definition) is 1. The van der Waals surface area contributed by atoms with E-state index in [1.54, 1.807) is 12.1 Å². The highest BCUT2D eigenvalue weighted by Gasteiger charge is 2.18. The number of aliphatic hydroxyl groups excluding tert-OH is 1. The number of nitrogens with zero attached hydrogens (tertiary/aromatic N) is 2. The second-order valence-corrected chi connectivity index (χ2v) is 4.08. The maximum atomic E-state index is 11.6. The molecule has 0 spiro atoms. The Morgan fingerprint density at radius 1 is 1.14 bits per heavy atom. The molecule has 0 unspecified atom stereocenters. The zero-order valence-electron chi connectivity index (χ0n) is 12.0. The van der Waals surface area contributed by atoms with E-state index in [1.807, 2.05) is 19.1 Å². The summed E-state index contributed by atoms with van der Waals surface area (Å²) in [5.74, 6) is -2.17. The number of methoxy groups -OCH3 is 2. The average molecular weight is 292 g/mol. The fraction of sp³-hybridized carbons (Fsp3) is 0.286. The van der Waals surface area contributed by atoms with Gasteiger partial charge in [-0.05, 0) is 19.1 Å².